The van der Waals surface area contributed by atoms with Gasteiger partial charge in [-0.25, -0.2) is 4.57 Å². The van der Waals surface area contributed by atoms with Gasteiger partial charge < -0.3 is 4.42 Å². The Kier molecular flexibility index (Phi) is 4.31. The summed E-state index contributed by atoms with van der Waals surface area (Å²) in [6.45, 7) is 8.95. The Labute approximate surface area is 216 Å². The number of pyridine rings is 1. The molecule has 1 aliphatic carbocycles. The molecule has 37 heavy (non-hydrogen) atoms. The molecule has 0 atom stereocenters. The Morgan fingerprint density at radius 1 is 0.838 bits per heavy atom. The first-order valence-corrected chi connectivity index (χ1v) is 12.7. The summed E-state index contributed by atoms with van der Waals surface area (Å²) in [6.07, 6.45) is 2.17. The maximum absolute atomic E-state index is 9.55. The van der Waals surface area contributed by atoms with Gasteiger partial charge in [-0.15, -0.1) is 0 Å². The van der Waals surface area contributed by atoms with Crippen LogP contribution < -0.4 is 4.57 Å². The zero-order valence-corrected chi connectivity index (χ0v) is 21.7. The van der Waals surface area contributed by atoms with Crippen molar-refractivity contribution in [1.29, 1.82) is 5.26 Å². The van der Waals surface area contributed by atoms with Crippen LogP contribution >= 0.6 is 0 Å². The van der Waals surface area contributed by atoms with Crippen LogP contribution in [0.1, 0.15) is 41.7 Å². The Morgan fingerprint density at radius 2 is 1.62 bits per heavy atom. The number of nitrogens with zero attached hydrogens (tertiary/aromatic N) is 2. The van der Waals surface area contributed by atoms with E-state index in [0.717, 1.165) is 33.2 Å². The first kappa shape index (κ1) is 21.8. The molecule has 0 bridgehead atoms. The van der Waals surface area contributed by atoms with Crippen LogP contribution in [-0.2, 0) is 12.5 Å². The number of aromatic nitrogens is 1. The molecule has 6 aromatic rings. The van der Waals surface area contributed by atoms with Crippen molar-refractivity contribution in [2.45, 2.75) is 33.1 Å². The summed E-state index contributed by atoms with van der Waals surface area (Å²) in [5, 5.41) is 14.3. The third-order valence-corrected chi connectivity index (χ3v) is 8.48. The Morgan fingerprint density at radius 3 is 2.43 bits per heavy atom. The second kappa shape index (κ2) is 7.31. The molecule has 178 valence electrons. The average Bonchev–Trinajstić information content (AvgIpc) is 3.37. The molecule has 3 nitrogen and oxygen atoms in total. The van der Waals surface area contributed by atoms with E-state index in [-0.39, 0.29) is 5.41 Å². The third kappa shape index (κ3) is 2.79. The number of hydrogen-bond donors (Lipinski definition) is 0. The highest BCUT2D eigenvalue weighted by molar-refractivity contribution is 6.13. The summed E-state index contributed by atoms with van der Waals surface area (Å²) in [5.74, 6) is 0. The summed E-state index contributed by atoms with van der Waals surface area (Å²) in [6, 6.07) is 25.8. The van der Waals surface area contributed by atoms with E-state index in [2.05, 4.69) is 106 Å². The molecule has 0 aliphatic heterocycles. The summed E-state index contributed by atoms with van der Waals surface area (Å²) < 4.78 is 8.77. The molecular formula is C34H27N2O+. The van der Waals surface area contributed by atoms with Gasteiger partial charge >= 0.3 is 0 Å². The number of para-hydroxylation sites is 1. The fourth-order valence-electron chi connectivity index (χ4n) is 6.53. The van der Waals surface area contributed by atoms with Gasteiger partial charge in [0, 0.05) is 22.3 Å². The minimum absolute atomic E-state index is 0.218. The normalized spacial score (nSPS) is 13.7. The van der Waals surface area contributed by atoms with Crippen LogP contribution in [0.2, 0.25) is 0 Å². The maximum atomic E-state index is 9.55. The summed E-state index contributed by atoms with van der Waals surface area (Å²) >= 11 is 0. The highest BCUT2D eigenvalue weighted by Gasteiger charge is 2.38. The lowest BCUT2D eigenvalue weighted by Crippen LogP contribution is -2.31. The first-order valence-electron chi connectivity index (χ1n) is 12.7. The number of fused-ring (bicyclic) bond motifs is 8. The standard InChI is InChI=1S/C34H27N2O/c1-19-16-27-23-8-6-7-9-29(23)37-33(27)30(20(19)2)32-26-13-12-24-22-11-10-21(18-35)17-28(22)34(3,4)31(24)25(26)14-15-36(32)5/h6-17H,1-5H3/q+1. The van der Waals surface area contributed by atoms with Crippen molar-refractivity contribution in [3.05, 3.63) is 101 Å². The van der Waals surface area contributed by atoms with Crippen molar-refractivity contribution >= 4 is 32.7 Å². The molecule has 7 rings (SSSR count). The smallest absolute Gasteiger partial charge is 0.224 e. The molecule has 1 aliphatic rings. The van der Waals surface area contributed by atoms with E-state index in [1.165, 1.54) is 44.2 Å². The summed E-state index contributed by atoms with van der Waals surface area (Å²) in [4.78, 5) is 0. The van der Waals surface area contributed by atoms with Crippen molar-refractivity contribution in [1.82, 2.24) is 0 Å². The zero-order chi connectivity index (χ0) is 25.6. The van der Waals surface area contributed by atoms with Gasteiger partial charge in [-0.05, 0) is 82.9 Å². The molecule has 2 aromatic heterocycles. The molecule has 3 heteroatoms. The predicted octanol–water partition coefficient (Wildman–Crippen LogP) is 8.03. The van der Waals surface area contributed by atoms with Gasteiger partial charge in [0.2, 0.25) is 5.69 Å². The lowest BCUT2D eigenvalue weighted by atomic mass is 9.79. The zero-order valence-electron chi connectivity index (χ0n) is 21.7. The van der Waals surface area contributed by atoms with E-state index in [1.807, 2.05) is 12.1 Å². The number of rotatable bonds is 1. The molecule has 0 amide bonds. The van der Waals surface area contributed by atoms with Crippen LogP contribution in [-0.4, -0.2) is 0 Å². The molecule has 0 N–H and O–H groups in total. The summed E-state index contributed by atoms with van der Waals surface area (Å²) in [7, 11) is 2.12. The fourth-order valence-corrected chi connectivity index (χ4v) is 6.53. The monoisotopic (exact) mass is 479 g/mol. The topological polar surface area (TPSA) is 40.8 Å². The van der Waals surface area contributed by atoms with Crippen LogP contribution in [0.3, 0.4) is 0 Å². The summed E-state index contributed by atoms with van der Waals surface area (Å²) in [5.41, 5.74) is 12.2. The van der Waals surface area contributed by atoms with E-state index < -0.39 is 0 Å². The van der Waals surface area contributed by atoms with Crippen LogP contribution in [0, 0.1) is 25.2 Å². The van der Waals surface area contributed by atoms with E-state index in [9.17, 15) is 5.26 Å². The van der Waals surface area contributed by atoms with E-state index in [0.29, 0.717) is 5.56 Å². The van der Waals surface area contributed by atoms with Gasteiger partial charge in [0.25, 0.3) is 0 Å². The number of nitriles is 1. The quantitative estimate of drug-likeness (QED) is 0.224. The van der Waals surface area contributed by atoms with Crippen molar-refractivity contribution < 1.29 is 8.98 Å². The molecule has 0 spiro atoms. The molecule has 0 fully saturated rings. The molecule has 0 radical (unpaired) electrons. The van der Waals surface area contributed by atoms with Gasteiger partial charge in [0.15, 0.2) is 6.20 Å². The Bertz CT molecular complexity index is 2000. The molecule has 2 heterocycles. The van der Waals surface area contributed by atoms with E-state index in [1.54, 1.807) is 0 Å². The van der Waals surface area contributed by atoms with Gasteiger partial charge in [-0.3, -0.25) is 0 Å². The Hall–Kier alpha value is -4.42. The number of furan rings is 1. The van der Waals surface area contributed by atoms with Gasteiger partial charge in [-0.1, -0.05) is 44.2 Å². The van der Waals surface area contributed by atoms with Crippen LogP contribution in [0.15, 0.2) is 77.3 Å². The molecular weight excluding hydrogens is 452 g/mol. The van der Waals surface area contributed by atoms with Crippen molar-refractivity contribution in [3.63, 3.8) is 0 Å². The SMILES string of the molecule is Cc1cc2c(oc3ccccc32)c(-c2c3ccc4c(c3cc[n+]2C)C(C)(C)c2cc(C#N)ccc2-4)c1C. The van der Waals surface area contributed by atoms with E-state index >= 15 is 0 Å². The highest BCUT2D eigenvalue weighted by atomic mass is 16.3. The maximum Gasteiger partial charge on any atom is 0.224 e. The van der Waals surface area contributed by atoms with Crippen molar-refractivity contribution in [3.8, 4) is 28.5 Å². The second-order valence-electron chi connectivity index (χ2n) is 10.9. The van der Waals surface area contributed by atoms with E-state index in [4.69, 9.17) is 4.42 Å². The van der Waals surface area contributed by atoms with Crippen molar-refractivity contribution in [2.24, 2.45) is 7.05 Å². The van der Waals surface area contributed by atoms with Crippen LogP contribution in [0.5, 0.6) is 0 Å². The second-order valence-corrected chi connectivity index (χ2v) is 10.9. The minimum Gasteiger partial charge on any atom is -0.455 e. The van der Waals surface area contributed by atoms with Crippen LogP contribution in [0.4, 0.5) is 0 Å². The number of benzene rings is 4. The van der Waals surface area contributed by atoms with Gasteiger partial charge in [-0.2, -0.15) is 5.26 Å². The van der Waals surface area contributed by atoms with Gasteiger partial charge in [0.1, 0.15) is 18.2 Å². The highest BCUT2D eigenvalue weighted by Crippen LogP contribution is 2.52. The predicted molar refractivity (Wildman–Crippen MR) is 150 cm³/mol. The molecule has 4 aromatic carbocycles. The van der Waals surface area contributed by atoms with Crippen LogP contribution in [0.25, 0.3) is 55.1 Å². The number of aryl methyl sites for hydroxylation is 2. The largest absolute Gasteiger partial charge is 0.455 e. The minimum atomic E-state index is -0.218. The van der Waals surface area contributed by atoms with Gasteiger partial charge in [0.05, 0.1) is 22.6 Å². The molecule has 0 saturated heterocycles. The number of hydrogen-bond acceptors (Lipinski definition) is 2. The molecule has 0 saturated carbocycles. The lowest BCUT2D eigenvalue weighted by molar-refractivity contribution is -0.659. The lowest BCUT2D eigenvalue weighted by Gasteiger charge is -2.23. The van der Waals surface area contributed by atoms with Crippen molar-refractivity contribution in [2.75, 3.05) is 0 Å². The Balaban J connectivity index is 1.60. The third-order valence-electron chi connectivity index (χ3n) is 8.48. The fraction of sp³-hybridized carbons (Fsp3) is 0.176. The molecule has 0 unspecified atom stereocenters. The first-order chi connectivity index (χ1) is 17.8. The average molecular weight is 480 g/mol.